The Balaban J connectivity index is 1.69. The maximum Gasteiger partial charge on any atom is 0.252 e. The number of benzene rings is 1. The predicted molar refractivity (Wildman–Crippen MR) is 109 cm³/mol. The van der Waals surface area contributed by atoms with Crippen LogP contribution >= 0.6 is 0 Å². The van der Waals surface area contributed by atoms with Crippen LogP contribution in [-0.2, 0) is 7.05 Å². The molecule has 3 aromatic rings. The number of aryl methyl sites for hydroxylation is 1. The van der Waals surface area contributed by atoms with Crippen molar-refractivity contribution in [1.82, 2.24) is 20.1 Å². The molecule has 0 unspecified atom stereocenters. The zero-order valence-corrected chi connectivity index (χ0v) is 16.4. The maximum absolute atomic E-state index is 13.0. The van der Waals surface area contributed by atoms with Gasteiger partial charge in [-0.15, -0.1) is 0 Å². The third-order valence-corrected chi connectivity index (χ3v) is 5.61. The molecule has 1 saturated carbocycles. The van der Waals surface area contributed by atoms with Gasteiger partial charge in [0.25, 0.3) is 5.91 Å². The van der Waals surface area contributed by atoms with E-state index in [4.69, 9.17) is 9.72 Å². The molecule has 1 aliphatic rings. The molecule has 146 valence electrons. The van der Waals surface area contributed by atoms with Gasteiger partial charge in [0.1, 0.15) is 5.75 Å². The number of pyridine rings is 1. The predicted octanol–water partition coefficient (Wildman–Crippen LogP) is 3.95. The van der Waals surface area contributed by atoms with Crippen LogP contribution in [0.5, 0.6) is 5.75 Å². The monoisotopic (exact) mass is 378 g/mol. The van der Waals surface area contributed by atoms with Gasteiger partial charge in [0, 0.05) is 19.2 Å². The first kappa shape index (κ1) is 18.5. The molecule has 0 radical (unpaired) electrons. The summed E-state index contributed by atoms with van der Waals surface area (Å²) in [7, 11) is 3.48. The Labute approximate surface area is 164 Å². The summed E-state index contributed by atoms with van der Waals surface area (Å²) in [5.74, 6) is 1.24. The van der Waals surface area contributed by atoms with E-state index in [1.807, 2.05) is 37.4 Å². The normalized spacial score (nSPS) is 14.9. The molecule has 0 bridgehead atoms. The quantitative estimate of drug-likeness (QED) is 0.730. The summed E-state index contributed by atoms with van der Waals surface area (Å²) < 4.78 is 7.19. The molecule has 6 heteroatoms. The highest BCUT2D eigenvalue weighted by Crippen LogP contribution is 2.31. The molecule has 6 nitrogen and oxygen atoms in total. The van der Waals surface area contributed by atoms with Crippen LogP contribution in [0.1, 0.15) is 42.5 Å². The minimum atomic E-state index is -0.0675. The van der Waals surface area contributed by atoms with Crippen molar-refractivity contribution in [3.05, 3.63) is 42.1 Å². The molecule has 1 aromatic carbocycles. The van der Waals surface area contributed by atoms with E-state index < -0.39 is 0 Å². The lowest BCUT2D eigenvalue weighted by Gasteiger charge is -2.21. The first-order chi connectivity index (χ1) is 13.7. The van der Waals surface area contributed by atoms with Crippen molar-refractivity contribution in [2.45, 2.75) is 32.1 Å². The van der Waals surface area contributed by atoms with Crippen molar-refractivity contribution in [3.63, 3.8) is 0 Å². The Morgan fingerprint density at radius 1 is 1.25 bits per heavy atom. The molecule has 1 N–H and O–H groups in total. The number of carbonyl (C=O) groups excluding carboxylic acids is 1. The van der Waals surface area contributed by atoms with Crippen molar-refractivity contribution in [2.75, 3.05) is 13.7 Å². The summed E-state index contributed by atoms with van der Waals surface area (Å²) in [5.41, 5.74) is 2.85. The first-order valence-electron chi connectivity index (χ1n) is 9.91. The van der Waals surface area contributed by atoms with Crippen LogP contribution in [0.2, 0.25) is 0 Å². The number of para-hydroxylation sites is 1. The number of amides is 1. The standard InChI is InChI=1S/C22H26N4O2/c1-26-21-18(14-24-26)17(22(27)23-13-15-8-4-3-5-9-15)12-19(25-21)16-10-6-7-11-20(16)28-2/h6-7,10-12,14-15H,3-5,8-9,13H2,1-2H3,(H,23,27). The molecule has 28 heavy (non-hydrogen) atoms. The lowest BCUT2D eigenvalue weighted by molar-refractivity contribution is 0.0945. The number of rotatable bonds is 5. The van der Waals surface area contributed by atoms with Crippen molar-refractivity contribution >= 4 is 16.9 Å². The topological polar surface area (TPSA) is 69.0 Å². The van der Waals surface area contributed by atoms with Crippen LogP contribution in [0.25, 0.3) is 22.3 Å². The van der Waals surface area contributed by atoms with Crippen LogP contribution in [-0.4, -0.2) is 34.3 Å². The Morgan fingerprint density at radius 3 is 2.82 bits per heavy atom. The molecule has 0 saturated heterocycles. The number of carbonyl (C=O) groups is 1. The van der Waals surface area contributed by atoms with Crippen LogP contribution in [0.3, 0.4) is 0 Å². The molecule has 2 heterocycles. The third-order valence-electron chi connectivity index (χ3n) is 5.61. The first-order valence-corrected chi connectivity index (χ1v) is 9.91. The molecule has 0 spiro atoms. The maximum atomic E-state index is 13.0. The number of nitrogens with zero attached hydrogens (tertiary/aromatic N) is 3. The highest BCUT2D eigenvalue weighted by atomic mass is 16.5. The highest BCUT2D eigenvalue weighted by Gasteiger charge is 2.20. The van der Waals surface area contributed by atoms with Crippen LogP contribution < -0.4 is 10.1 Å². The van der Waals surface area contributed by atoms with E-state index in [0.717, 1.165) is 23.2 Å². The van der Waals surface area contributed by atoms with E-state index in [2.05, 4.69) is 10.4 Å². The number of ether oxygens (including phenoxy) is 1. The van der Waals surface area contributed by atoms with E-state index in [0.29, 0.717) is 22.8 Å². The average molecular weight is 378 g/mol. The fraction of sp³-hybridized carbons (Fsp3) is 0.409. The second kappa shape index (κ2) is 8.00. The van der Waals surface area contributed by atoms with Gasteiger partial charge in [0.2, 0.25) is 0 Å². The number of hydrogen-bond acceptors (Lipinski definition) is 4. The zero-order chi connectivity index (χ0) is 19.5. The van der Waals surface area contributed by atoms with Crippen molar-refractivity contribution in [1.29, 1.82) is 0 Å². The van der Waals surface area contributed by atoms with Gasteiger partial charge in [-0.05, 0) is 37.0 Å². The highest BCUT2D eigenvalue weighted by molar-refractivity contribution is 6.06. The molecule has 2 aromatic heterocycles. The number of fused-ring (bicyclic) bond motifs is 1. The van der Waals surface area contributed by atoms with Gasteiger partial charge in [0.05, 0.1) is 30.0 Å². The lowest BCUT2D eigenvalue weighted by atomic mass is 9.89. The van der Waals surface area contributed by atoms with Crippen LogP contribution in [0, 0.1) is 5.92 Å². The summed E-state index contributed by atoms with van der Waals surface area (Å²) in [6, 6.07) is 9.55. The van der Waals surface area contributed by atoms with Crippen LogP contribution in [0.4, 0.5) is 0 Å². The fourth-order valence-corrected chi connectivity index (χ4v) is 4.02. The lowest BCUT2D eigenvalue weighted by Crippen LogP contribution is -2.30. The third kappa shape index (κ3) is 3.59. The Kier molecular flexibility index (Phi) is 5.28. The molecule has 0 aliphatic heterocycles. The summed E-state index contributed by atoms with van der Waals surface area (Å²) in [5, 5.41) is 8.22. The number of aromatic nitrogens is 3. The summed E-state index contributed by atoms with van der Waals surface area (Å²) in [4.78, 5) is 17.8. The molecule has 1 fully saturated rings. The van der Waals surface area contributed by atoms with Crippen molar-refractivity contribution in [3.8, 4) is 17.0 Å². The van der Waals surface area contributed by atoms with Gasteiger partial charge < -0.3 is 10.1 Å². The molecule has 4 rings (SSSR count). The van der Waals surface area contributed by atoms with Crippen molar-refractivity contribution < 1.29 is 9.53 Å². The minimum Gasteiger partial charge on any atom is -0.496 e. The van der Waals surface area contributed by atoms with Gasteiger partial charge in [-0.1, -0.05) is 31.4 Å². The summed E-state index contributed by atoms with van der Waals surface area (Å²) >= 11 is 0. The minimum absolute atomic E-state index is 0.0675. The Bertz CT molecular complexity index is 989. The van der Waals surface area contributed by atoms with Gasteiger partial charge in [0.15, 0.2) is 5.65 Å². The van der Waals surface area contributed by atoms with E-state index in [9.17, 15) is 4.79 Å². The smallest absolute Gasteiger partial charge is 0.252 e. The fourth-order valence-electron chi connectivity index (χ4n) is 4.02. The zero-order valence-electron chi connectivity index (χ0n) is 16.4. The summed E-state index contributed by atoms with van der Waals surface area (Å²) in [6.07, 6.45) is 7.95. The average Bonchev–Trinajstić information content (AvgIpc) is 3.13. The molecule has 1 amide bonds. The largest absolute Gasteiger partial charge is 0.496 e. The van der Waals surface area contributed by atoms with E-state index in [1.54, 1.807) is 18.0 Å². The van der Waals surface area contributed by atoms with Crippen molar-refractivity contribution in [2.24, 2.45) is 13.0 Å². The molecular formula is C22H26N4O2. The van der Waals surface area contributed by atoms with Gasteiger partial charge in [-0.3, -0.25) is 9.48 Å². The molecular weight excluding hydrogens is 352 g/mol. The van der Waals surface area contributed by atoms with Gasteiger partial charge in [-0.25, -0.2) is 4.98 Å². The number of hydrogen-bond donors (Lipinski definition) is 1. The van der Waals surface area contributed by atoms with Gasteiger partial charge >= 0.3 is 0 Å². The van der Waals surface area contributed by atoms with Crippen LogP contribution in [0.15, 0.2) is 36.5 Å². The SMILES string of the molecule is COc1ccccc1-c1cc(C(=O)NCC2CCCCC2)c2cnn(C)c2n1. The van der Waals surface area contributed by atoms with Gasteiger partial charge in [-0.2, -0.15) is 5.10 Å². The second-order valence-corrected chi connectivity index (χ2v) is 7.47. The second-order valence-electron chi connectivity index (χ2n) is 7.47. The molecule has 0 atom stereocenters. The van der Waals surface area contributed by atoms with E-state index >= 15 is 0 Å². The number of nitrogens with one attached hydrogen (secondary N) is 1. The summed E-state index contributed by atoms with van der Waals surface area (Å²) in [6.45, 7) is 0.729. The van der Waals surface area contributed by atoms with E-state index in [1.165, 1.54) is 32.1 Å². The van der Waals surface area contributed by atoms with E-state index in [-0.39, 0.29) is 5.91 Å². The number of methoxy groups -OCH3 is 1. The Hall–Kier alpha value is -2.89. The Morgan fingerprint density at radius 2 is 2.04 bits per heavy atom. The molecule has 1 aliphatic carbocycles.